The zero-order chi connectivity index (χ0) is 11.7. The lowest BCUT2D eigenvalue weighted by Crippen LogP contribution is -2.20. The van der Waals surface area contributed by atoms with Crippen LogP contribution in [0.4, 0.5) is 0 Å². The van der Waals surface area contributed by atoms with E-state index in [1.54, 1.807) is 0 Å². The van der Waals surface area contributed by atoms with Crippen molar-refractivity contribution in [2.45, 2.75) is 71.5 Å². The van der Waals surface area contributed by atoms with E-state index in [-0.39, 0.29) is 0 Å². The number of allylic oxidation sites excluding steroid dienone is 1. The lowest BCUT2D eigenvalue weighted by Gasteiger charge is -2.14. The van der Waals surface area contributed by atoms with Crippen LogP contribution in [0, 0.1) is 0 Å². The molecule has 0 aliphatic rings. The van der Waals surface area contributed by atoms with Crippen LogP contribution in [0.15, 0.2) is 10.7 Å². The molecule has 0 radical (unpaired) electrons. The van der Waals surface area contributed by atoms with Crippen molar-refractivity contribution in [3.63, 3.8) is 0 Å². The van der Waals surface area contributed by atoms with Gasteiger partial charge in [0.1, 0.15) is 0 Å². The monoisotopic (exact) mass is 246 g/mol. The van der Waals surface area contributed by atoms with Crippen molar-refractivity contribution >= 4 is 19.7 Å². The van der Waals surface area contributed by atoms with Crippen molar-refractivity contribution in [2.24, 2.45) is 0 Å². The van der Waals surface area contributed by atoms with E-state index >= 15 is 0 Å². The molecule has 15 heavy (non-hydrogen) atoms. The van der Waals surface area contributed by atoms with Crippen LogP contribution in [0.3, 0.4) is 0 Å². The van der Waals surface area contributed by atoms with Gasteiger partial charge < -0.3 is 0 Å². The van der Waals surface area contributed by atoms with Gasteiger partial charge in [-0.05, 0) is 17.5 Å². The SMILES string of the molecule is CCCCCCCC/C=C(/Cl)[Si](C)(C)C. The summed E-state index contributed by atoms with van der Waals surface area (Å²) in [6, 6.07) is 0. The number of hydrogen-bond acceptors (Lipinski definition) is 0. The van der Waals surface area contributed by atoms with Crippen molar-refractivity contribution in [3.8, 4) is 0 Å². The van der Waals surface area contributed by atoms with Gasteiger partial charge in [-0.3, -0.25) is 0 Å². The zero-order valence-corrected chi connectivity index (χ0v) is 12.7. The van der Waals surface area contributed by atoms with Gasteiger partial charge in [-0.15, -0.1) is 0 Å². The Balaban J connectivity index is 3.45. The van der Waals surface area contributed by atoms with E-state index in [4.69, 9.17) is 11.6 Å². The van der Waals surface area contributed by atoms with Gasteiger partial charge in [-0.1, -0.05) is 76.3 Å². The Kier molecular flexibility index (Phi) is 8.54. The molecule has 0 amide bonds. The fourth-order valence-corrected chi connectivity index (χ4v) is 2.33. The molecular formula is C13H27ClSi. The molecule has 0 nitrogen and oxygen atoms in total. The standard InChI is InChI=1S/C13H27ClSi/c1-5-6-7-8-9-10-11-12-13(14)15(2,3)4/h12H,5-11H2,1-4H3/b13-12-. The average Bonchev–Trinajstić information content (AvgIpc) is 2.14. The molecule has 0 saturated heterocycles. The van der Waals surface area contributed by atoms with Gasteiger partial charge in [0.25, 0.3) is 0 Å². The summed E-state index contributed by atoms with van der Waals surface area (Å²) < 4.78 is 1.15. The molecule has 2 heteroatoms. The molecule has 0 unspecified atom stereocenters. The first-order chi connectivity index (χ1) is 6.98. The maximum atomic E-state index is 6.24. The summed E-state index contributed by atoms with van der Waals surface area (Å²) in [6.07, 6.45) is 11.6. The highest BCUT2D eigenvalue weighted by Crippen LogP contribution is 2.19. The second kappa shape index (κ2) is 8.40. The largest absolute Gasteiger partial charge is 0.0946 e. The fourth-order valence-electron chi connectivity index (χ4n) is 1.46. The van der Waals surface area contributed by atoms with Crippen molar-refractivity contribution in [3.05, 3.63) is 10.7 Å². The molecular weight excluding hydrogens is 220 g/mol. The highest BCUT2D eigenvalue weighted by Gasteiger charge is 2.16. The predicted octanol–water partition coefficient (Wildman–Crippen LogP) is 5.74. The third kappa shape index (κ3) is 9.19. The number of halogens is 1. The molecule has 0 atom stereocenters. The third-order valence-electron chi connectivity index (χ3n) is 2.60. The smallest absolute Gasteiger partial charge is 0.0918 e. The molecule has 0 aromatic rings. The van der Waals surface area contributed by atoms with Crippen molar-refractivity contribution in [1.82, 2.24) is 0 Å². The van der Waals surface area contributed by atoms with Gasteiger partial charge in [0, 0.05) is 0 Å². The van der Waals surface area contributed by atoms with Crippen LogP contribution in [0.25, 0.3) is 0 Å². The van der Waals surface area contributed by atoms with Crippen LogP contribution in [0.5, 0.6) is 0 Å². The molecule has 0 heterocycles. The Morgan fingerprint density at radius 2 is 1.53 bits per heavy atom. The summed E-state index contributed by atoms with van der Waals surface area (Å²) in [4.78, 5) is 0. The molecule has 0 spiro atoms. The summed E-state index contributed by atoms with van der Waals surface area (Å²) in [6.45, 7) is 9.16. The number of rotatable bonds is 8. The Morgan fingerprint density at radius 3 is 2.07 bits per heavy atom. The number of unbranched alkanes of at least 4 members (excludes halogenated alkanes) is 6. The molecule has 0 aromatic heterocycles. The van der Waals surface area contributed by atoms with Gasteiger partial charge in [0.2, 0.25) is 0 Å². The minimum Gasteiger partial charge on any atom is -0.0946 e. The van der Waals surface area contributed by atoms with Crippen molar-refractivity contribution in [1.29, 1.82) is 0 Å². The number of hydrogen-bond donors (Lipinski definition) is 0. The summed E-state index contributed by atoms with van der Waals surface area (Å²) >= 11 is 6.24. The van der Waals surface area contributed by atoms with E-state index in [1.165, 1.54) is 44.9 Å². The normalized spacial score (nSPS) is 13.3. The zero-order valence-electron chi connectivity index (χ0n) is 10.9. The molecule has 0 N–H and O–H groups in total. The lowest BCUT2D eigenvalue weighted by molar-refractivity contribution is 0.611. The van der Waals surface area contributed by atoms with E-state index < -0.39 is 8.07 Å². The van der Waals surface area contributed by atoms with Crippen molar-refractivity contribution in [2.75, 3.05) is 0 Å². The topological polar surface area (TPSA) is 0 Å². The third-order valence-corrected chi connectivity index (χ3v) is 6.09. The summed E-state index contributed by atoms with van der Waals surface area (Å²) in [7, 11) is -1.22. The van der Waals surface area contributed by atoms with E-state index in [0.29, 0.717) is 0 Å². The minimum absolute atomic E-state index is 1.15. The van der Waals surface area contributed by atoms with E-state index in [0.717, 1.165) is 4.66 Å². The van der Waals surface area contributed by atoms with Crippen LogP contribution >= 0.6 is 11.6 Å². The van der Waals surface area contributed by atoms with Crippen LogP contribution in [-0.2, 0) is 0 Å². The molecule has 0 fully saturated rings. The molecule has 0 saturated carbocycles. The van der Waals surface area contributed by atoms with Gasteiger partial charge in [0.15, 0.2) is 0 Å². The van der Waals surface area contributed by atoms with Crippen LogP contribution in [0.1, 0.15) is 51.9 Å². The lowest BCUT2D eigenvalue weighted by atomic mass is 10.1. The summed E-state index contributed by atoms with van der Waals surface area (Å²) in [5.74, 6) is 0. The first-order valence-electron chi connectivity index (χ1n) is 6.34. The molecule has 0 bridgehead atoms. The maximum Gasteiger partial charge on any atom is 0.0918 e. The highest BCUT2D eigenvalue weighted by molar-refractivity contribution is 6.91. The molecule has 0 rings (SSSR count). The van der Waals surface area contributed by atoms with Gasteiger partial charge in [-0.2, -0.15) is 0 Å². The quantitative estimate of drug-likeness (QED) is 0.379. The molecule has 0 aliphatic carbocycles. The fraction of sp³-hybridized carbons (Fsp3) is 0.846. The first-order valence-corrected chi connectivity index (χ1v) is 10.2. The minimum atomic E-state index is -1.22. The van der Waals surface area contributed by atoms with E-state index in [1.807, 2.05) is 0 Å². The van der Waals surface area contributed by atoms with Gasteiger partial charge in [-0.25, -0.2) is 0 Å². The first kappa shape index (κ1) is 15.2. The Hall–Kier alpha value is 0.247. The van der Waals surface area contributed by atoms with E-state index in [2.05, 4.69) is 32.6 Å². The predicted molar refractivity (Wildman–Crippen MR) is 75.3 cm³/mol. The molecule has 0 aromatic carbocycles. The maximum absolute atomic E-state index is 6.24. The van der Waals surface area contributed by atoms with Crippen LogP contribution in [0.2, 0.25) is 19.6 Å². The highest BCUT2D eigenvalue weighted by atomic mass is 35.5. The Bertz CT molecular complexity index is 179. The summed E-state index contributed by atoms with van der Waals surface area (Å²) in [5.41, 5.74) is 0. The molecule has 0 aliphatic heterocycles. The van der Waals surface area contributed by atoms with Crippen LogP contribution in [-0.4, -0.2) is 8.07 Å². The van der Waals surface area contributed by atoms with Crippen LogP contribution < -0.4 is 0 Å². The van der Waals surface area contributed by atoms with Crippen molar-refractivity contribution < 1.29 is 0 Å². The Morgan fingerprint density at radius 1 is 1.00 bits per heavy atom. The summed E-state index contributed by atoms with van der Waals surface area (Å²) in [5, 5.41) is 0. The van der Waals surface area contributed by atoms with E-state index in [9.17, 15) is 0 Å². The average molecular weight is 247 g/mol. The second-order valence-corrected chi connectivity index (χ2v) is 11.1. The molecule has 90 valence electrons. The van der Waals surface area contributed by atoms with Gasteiger partial charge >= 0.3 is 0 Å². The second-order valence-electron chi connectivity index (χ2n) is 5.36. The van der Waals surface area contributed by atoms with Gasteiger partial charge in [0.05, 0.1) is 8.07 Å². The Labute approximate surface area is 102 Å².